The fourth-order valence-corrected chi connectivity index (χ4v) is 9.24. The van der Waals surface area contributed by atoms with E-state index < -0.39 is 22.8 Å². The summed E-state index contributed by atoms with van der Waals surface area (Å²) >= 11 is 0. The first-order valence-electron chi connectivity index (χ1n) is 12.4. The number of hydrogen-bond donors (Lipinski definition) is 1. The van der Waals surface area contributed by atoms with Crippen LogP contribution in [0.2, 0.25) is 0 Å². The Morgan fingerprint density at radius 1 is 1.00 bits per heavy atom. The second-order valence-corrected chi connectivity index (χ2v) is 11.9. The number of carbonyl (C=O) groups is 2. The number of epoxide rings is 1. The summed E-state index contributed by atoms with van der Waals surface area (Å²) in [5.41, 5.74) is -2.00. The Kier molecular flexibility index (Phi) is 4.41. The molecule has 4 aliphatic carbocycles. The van der Waals surface area contributed by atoms with E-state index in [-0.39, 0.29) is 35.4 Å². The van der Waals surface area contributed by atoms with Crippen molar-refractivity contribution in [2.45, 2.75) is 95.2 Å². The lowest BCUT2D eigenvalue weighted by Crippen LogP contribution is -2.63. The summed E-state index contributed by atoms with van der Waals surface area (Å²) < 4.78 is 23.8. The maximum Gasteiger partial charge on any atom is 0.303 e. The van der Waals surface area contributed by atoms with Crippen molar-refractivity contribution >= 4 is 11.8 Å². The third kappa shape index (κ3) is 2.51. The van der Waals surface area contributed by atoms with Crippen LogP contribution in [0, 0.1) is 28.6 Å². The minimum absolute atomic E-state index is 0.0209. The van der Waals surface area contributed by atoms with E-state index in [0.29, 0.717) is 31.5 Å². The molecule has 2 heterocycles. The molecule has 2 saturated heterocycles. The third-order valence-electron chi connectivity index (χ3n) is 10.9. The molecule has 0 bridgehead atoms. The van der Waals surface area contributed by atoms with E-state index in [0.717, 1.165) is 44.9 Å². The summed E-state index contributed by atoms with van der Waals surface area (Å²) in [6.45, 7) is 6.77. The summed E-state index contributed by atoms with van der Waals surface area (Å²) in [4.78, 5) is 24.3. The van der Waals surface area contributed by atoms with Gasteiger partial charge in [-0.15, -0.1) is 0 Å². The van der Waals surface area contributed by atoms with Crippen molar-refractivity contribution in [2.24, 2.45) is 28.6 Å². The number of fused-ring (bicyclic) bond motifs is 4. The molecule has 2 spiro atoms. The molecule has 2 aliphatic heterocycles. The van der Waals surface area contributed by atoms with Gasteiger partial charge < -0.3 is 24.1 Å². The third-order valence-corrected chi connectivity index (χ3v) is 10.9. The molecule has 0 aromatic carbocycles. The van der Waals surface area contributed by atoms with Crippen LogP contribution in [0.1, 0.15) is 72.1 Å². The smallest absolute Gasteiger partial charge is 0.303 e. The molecule has 8 atom stereocenters. The van der Waals surface area contributed by atoms with Crippen LogP contribution in [-0.2, 0) is 28.5 Å². The van der Waals surface area contributed by atoms with Crippen molar-refractivity contribution in [1.29, 1.82) is 0 Å². The number of Topliss-reactive ketones (excluding diaryl/α,β-unsaturated/α-hetero) is 1. The zero-order chi connectivity index (χ0) is 22.6. The first-order valence-corrected chi connectivity index (χ1v) is 12.4. The molecule has 6 aliphatic rings. The highest BCUT2D eigenvalue weighted by Gasteiger charge is 2.78. The highest BCUT2D eigenvalue weighted by atomic mass is 16.7. The van der Waals surface area contributed by atoms with Crippen LogP contribution >= 0.6 is 0 Å². The Morgan fingerprint density at radius 3 is 2.41 bits per heavy atom. The van der Waals surface area contributed by atoms with Crippen molar-refractivity contribution in [3.05, 3.63) is 0 Å². The SMILES string of the molecule is CC(=O)OCC(=O)[C@@]1(O)CCC2C3C[C@@H]4O[C@@]45CCC4(C[C@]5(C)C3CC[C@@]21C)OCCO4. The zero-order valence-corrected chi connectivity index (χ0v) is 19.5. The standard InChI is InChI=1S/C25H36O7/c1-15(26)29-13-19(27)24(28)7-5-17-16-12-20-25(32-20)9-8-23(30-10-11-31-23)14-22(25,3)18(16)4-6-21(17,24)2/h16-18,20,28H,4-14H2,1-3H3/t16?,17?,18?,20-,21-,22+,24-,25-/m0/s1. The Bertz CT molecular complexity index is 851. The van der Waals surface area contributed by atoms with Gasteiger partial charge in [-0.3, -0.25) is 9.59 Å². The van der Waals surface area contributed by atoms with Crippen LogP contribution in [0.15, 0.2) is 0 Å². The number of carbonyl (C=O) groups excluding carboxylic acids is 2. The van der Waals surface area contributed by atoms with Crippen LogP contribution in [0.3, 0.4) is 0 Å². The number of aliphatic hydroxyl groups is 1. The highest BCUT2D eigenvalue weighted by molar-refractivity contribution is 5.90. The second-order valence-electron chi connectivity index (χ2n) is 11.9. The molecule has 7 nitrogen and oxygen atoms in total. The van der Waals surface area contributed by atoms with Gasteiger partial charge in [0.15, 0.2) is 12.4 Å². The van der Waals surface area contributed by atoms with Crippen LogP contribution in [0.25, 0.3) is 0 Å². The molecular weight excluding hydrogens is 412 g/mol. The van der Waals surface area contributed by atoms with E-state index in [2.05, 4.69) is 13.8 Å². The Hall–Kier alpha value is -1.02. The molecule has 0 aromatic heterocycles. The molecule has 178 valence electrons. The maximum absolute atomic E-state index is 13.0. The molecule has 3 unspecified atom stereocenters. The molecule has 6 fully saturated rings. The van der Waals surface area contributed by atoms with Gasteiger partial charge in [0, 0.05) is 30.6 Å². The number of rotatable bonds is 3. The topological polar surface area (TPSA) is 94.6 Å². The average Bonchev–Trinajstić information content (AvgIpc) is 3.16. The molecule has 0 aromatic rings. The van der Waals surface area contributed by atoms with Gasteiger partial charge in [0.25, 0.3) is 0 Å². The van der Waals surface area contributed by atoms with Gasteiger partial charge in [0.05, 0.1) is 19.3 Å². The predicted octanol–water partition coefficient (Wildman–Crippen LogP) is 2.77. The Morgan fingerprint density at radius 2 is 1.69 bits per heavy atom. The number of esters is 1. The molecule has 0 radical (unpaired) electrons. The van der Waals surface area contributed by atoms with Crippen LogP contribution in [0.4, 0.5) is 0 Å². The lowest BCUT2D eigenvalue weighted by Gasteiger charge is -2.61. The monoisotopic (exact) mass is 448 g/mol. The summed E-state index contributed by atoms with van der Waals surface area (Å²) in [6, 6.07) is 0. The molecule has 4 saturated carbocycles. The van der Waals surface area contributed by atoms with Gasteiger partial charge >= 0.3 is 5.97 Å². The molecule has 1 N–H and O–H groups in total. The van der Waals surface area contributed by atoms with Gasteiger partial charge in [0.2, 0.25) is 5.78 Å². The maximum atomic E-state index is 13.0. The Labute approximate surface area is 189 Å². The summed E-state index contributed by atoms with van der Waals surface area (Å²) in [6.07, 6.45) is 7.08. The van der Waals surface area contributed by atoms with Crippen molar-refractivity contribution in [3.8, 4) is 0 Å². The minimum atomic E-state index is -1.43. The second kappa shape index (κ2) is 6.55. The lowest BCUT2D eigenvalue weighted by atomic mass is 9.43. The predicted molar refractivity (Wildman–Crippen MR) is 112 cm³/mol. The van der Waals surface area contributed by atoms with E-state index >= 15 is 0 Å². The molecule has 6 rings (SSSR count). The Balaban J connectivity index is 1.29. The number of ketones is 1. The first kappa shape index (κ1) is 21.5. The van der Waals surface area contributed by atoms with E-state index in [9.17, 15) is 14.7 Å². The number of ether oxygens (including phenoxy) is 4. The van der Waals surface area contributed by atoms with Crippen LogP contribution < -0.4 is 0 Å². The van der Waals surface area contributed by atoms with Gasteiger partial charge in [-0.2, -0.15) is 0 Å². The average molecular weight is 449 g/mol. The van der Waals surface area contributed by atoms with Crippen molar-refractivity contribution in [2.75, 3.05) is 19.8 Å². The molecule has 0 amide bonds. The van der Waals surface area contributed by atoms with E-state index in [1.54, 1.807) is 0 Å². The highest BCUT2D eigenvalue weighted by Crippen LogP contribution is 2.75. The summed E-state index contributed by atoms with van der Waals surface area (Å²) in [7, 11) is 0. The number of hydrogen-bond acceptors (Lipinski definition) is 7. The van der Waals surface area contributed by atoms with Gasteiger partial charge in [0.1, 0.15) is 11.2 Å². The van der Waals surface area contributed by atoms with Crippen LogP contribution in [0.5, 0.6) is 0 Å². The first-order chi connectivity index (χ1) is 15.1. The molecule has 7 heteroatoms. The van der Waals surface area contributed by atoms with Crippen molar-refractivity contribution in [3.63, 3.8) is 0 Å². The normalized spacial score (nSPS) is 52.5. The van der Waals surface area contributed by atoms with Gasteiger partial charge in [-0.1, -0.05) is 13.8 Å². The van der Waals surface area contributed by atoms with Gasteiger partial charge in [-0.25, -0.2) is 0 Å². The zero-order valence-electron chi connectivity index (χ0n) is 19.5. The quantitative estimate of drug-likeness (QED) is 0.524. The fourth-order valence-electron chi connectivity index (χ4n) is 9.24. The van der Waals surface area contributed by atoms with E-state index in [1.807, 2.05) is 0 Å². The van der Waals surface area contributed by atoms with E-state index in [1.165, 1.54) is 6.92 Å². The largest absolute Gasteiger partial charge is 0.458 e. The van der Waals surface area contributed by atoms with E-state index in [4.69, 9.17) is 18.9 Å². The summed E-state index contributed by atoms with van der Waals surface area (Å²) in [5.74, 6) is -0.165. The fraction of sp³-hybridized carbons (Fsp3) is 0.920. The van der Waals surface area contributed by atoms with Crippen LogP contribution in [-0.4, -0.2) is 59.8 Å². The molecule has 32 heavy (non-hydrogen) atoms. The van der Waals surface area contributed by atoms with Crippen molar-refractivity contribution in [1.82, 2.24) is 0 Å². The molecular formula is C25H36O7. The lowest BCUT2D eigenvalue weighted by molar-refractivity contribution is -0.237. The summed E-state index contributed by atoms with van der Waals surface area (Å²) in [5, 5.41) is 11.6. The minimum Gasteiger partial charge on any atom is -0.458 e. The van der Waals surface area contributed by atoms with Crippen molar-refractivity contribution < 1.29 is 33.6 Å². The van der Waals surface area contributed by atoms with Gasteiger partial charge in [-0.05, 0) is 56.3 Å².